The van der Waals surface area contributed by atoms with Crippen LogP contribution in [0.15, 0.2) is 24.3 Å². The van der Waals surface area contributed by atoms with Crippen molar-refractivity contribution in [2.24, 2.45) is 5.92 Å². The molecule has 0 fully saturated rings. The number of amides is 2. The maximum atomic E-state index is 12.3. The topological polar surface area (TPSA) is 41.6 Å². The number of para-hydroxylation sites is 1. The summed E-state index contributed by atoms with van der Waals surface area (Å²) >= 11 is 0. The van der Waals surface area contributed by atoms with Crippen LogP contribution in [-0.2, 0) is 6.54 Å². The van der Waals surface area contributed by atoms with E-state index in [1.807, 2.05) is 13.8 Å². The molecule has 0 saturated heterocycles. The van der Waals surface area contributed by atoms with Gasteiger partial charge in [0.15, 0.2) is 0 Å². The van der Waals surface area contributed by atoms with Gasteiger partial charge in [-0.1, -0.05) is 32.0 Å². The molecule has 1 N–H and O–H groups in total. The highest BCUT2D eigenvalue weighted by Gasteiger charge is 2.32. The van der Waals surface area contributed by atoms with Gasteiger partial charge in [0.05, 0.1) is 6.54 Å². The molecule has 7 heteroatoms. The molecule has 0 heterocycles. The number of benzene rings is 1. The summed E-state index contributed by atoms with van der Waals surface area (Å²) in [6.45, 7) is 4.43. The summed E-state index contributed by atoms with van der Waals surface area (Å²) in [5.74, 6) is -0.00305. The van der Waals surface area contributed by atoms with Crippen molar-refractivity contribution >= 4 is 6.03 Å². The van der Waals surface area contributed by atoms with Gasteiger partial charge < -0.3 is 15.0 Å². The number of carbonyl (C=O) groups excluding carboxylic acids is 1. The molecule has 0 unspecified atom stereocenters. The third kappa shape index (κ3) is 6.37. The van der Waals surface area contributed by atoms with Crippen LogP contribution >= 0.6 is 0 Å². The lowest BCUT2D eigenvalue weighted by Crippen LogP contribution is -2.38. The summed E-state index contributed by atoms with van der Waals surface area (Å²) in [6.07, 6.45) is -4.76. The van der Waals surface area contributed by atoms with Crippen LogP contribution < -0.4 is 10.1 Å². The van der Waals surface area contributed by atoms with E-state index >= 15 is 0 Å². The van der Waals surface area contributed by atoms with E-state index in [9.17, 15) is 18.0 Å². The van der Waals surface area contributed by atoms with E-state index < -0.39 is 6.36 Å². The smallest absolute Gasteiger partial charge is 0.405 e. The maximum absolute atomic E-state index is 12.3. The Kier molecular flexibility index (Phi) is 5.87. The number of alkyl halides is 3. The normalized spacial score (nSPS) is 11.4. The molecule has 0 aliphatic heterocycles. The number of nitrogens with zero attached hydrogens (tertiary/aromatic N) is 1. The second kappa shape index (κ2) is 7.19. The van der Waals surface area contributed by atoms with Crippen molar-refractivity contribution < 1.29 is 22.7 Å². The molecular formula is C14H19F3N2O2. The first-order chi connectivity index (χ1) is 9.69. The molecular weight excluding hydrogens is 285 g/mol. The summed E-state index contributed by atoms with van der Waals surface area (Å²) in [5.41, 5.74) is 0.289. The molecule has 0 saturated carbocycles. The molecule has 1 aromatic carbocycles. The molecule has 4 nitrogen and oxygen atoms in total. The monoisotopic (exact) mass is 304 g/mol. The van der Waals surface area contributed by atoms with E-state index in [2.05, 4.69) is 10.1 Å². The maximum Gasteiger partial charge on any atom is 0.573 e. The van der Waals surface area contributed by atoms with Gasteiger partial charge in [-0.15, -0.1) is 13.2 Å². The van der Waals surface area contributed by atoms with Gasteiger partial charge in [0.1, 0.15) is 5.75 Å². The van der Waals surface area contributed by atoms with Crippen molar-refractivity contribution in [3.63, 3.8) is 0 Å². The molecule has 118 valence electrons. The quantitative estimate of drug-likeness (QED) is 0.906. The van der Waals surface area contributed by atoms with E-state index in [0.29, 0.717) is 12.5 Å². The molecule has 0 aromatic heterocycles. The Morgan fingerprint density at radius 1 is 1.33 bits per heavy atom. The van der Waals surface area contributed by atoms with Gasteiger partial charge in [0.2, 0.25) is 0 Å². The van der Waals surface area contributed by atoms with Gasteiger partial charge in [0, 0.05) is 19.2 Å². The Morgan fingerprint density at radius 3 is 2.52 bits per heavy atom. The average Bonchev–Trinajstić information content (AvgIpc) is 2.36. The third-order valence-electron chi connectivity index (χ3n) is 2.61. The number of hydrogen-bond acceptors (Lipinski definition) is 2. The first-order valence-electron chi connectivity index (χ1n) is 6.51. The van der Waals surface area contributed by atoms with Crippen LogP contribution in [0.1, 0.15) is 19.4 Å². The van der Waals surface area contributed by atoms with E-state index in [4.69, 9.17) is 0 Å². The first kappa shape index (κ1) is 17.1. The molecule has 2 amide bonds. The van der Waals surface area contributed by atoms with Crippen LogP contribution in [0, 0.1) is 5.92 Å². The number of halogens is 3. The fourth-order valence-electron chi connectivity index (χ4n) is 1.61. The number of hydrogen-bond donors (Lipinski definition) is 1. The number of rotatable bonds is 5. The fraction of sp³-hybridized carbons (Fsp3) is 0.500. The Hall–Kier alpha value is -1.92. The Labute approximate surface area is 121 Å². The van der Waals surface area contributed by atoms with E-state index in [0.717, 1.165) is 0 Å². The van der Waals surface area contributed by atoms with Crippen LogP contribution in [0.3, 0.4) is 0 Å². The fourth-order valence-corrected chi connectivity index (χ4v) is 1.61. The second-order valence-corrected chi connectivity index (χ2v) is 5.09. The molecule has 21 heavy (non-hydrogen) atoms. The van der Waals surface area contributed by atoms with Gasteiger partial charge in [-0.05, 0) is 12.0 Å². The molecule has 0 atom stereocenters. The van der Waals surface area contributed by atoms with Crippen LogP contribution in [0.4, 0.5) is 18.0 Å². The lowest BCUT2D eigenvalue weighted by atomic mass is 10.2. The molecule has 0 spiro atoms. The van der Waals surface area contributed by atoms with Crippen molar-refractivity contribution in [1.82, 2.24) is 10.2 Å². The van der Waals surface area contributed by atoms with Crippen molar-refractivity contribution in [2.75, 3.05) is 13.6 Å². The Morgan fingerprint density at radius 2 is 1.95 bits per heavy atom. The van der Waals surface area contributed by atoms with Crippen molar-refractivity contribution in [2.45, 2.75) is 26.8 Å². The predicted molar refractivity (Wildman–Crippen MR) is 72.8 cm³/mol. The van der Waals surface area contributed by atoms with Crippen LogP contribution in [0.2, 0.25) is 0 Å². The lowest BCUT2D eigenvalue weighted by Gasteiger charge is -2.20. The molecule has 0 bridgehead atoms. The minimum atomic E-state index is -4.76. The standard InChI is InChI=1S/C14H19F3N2O2/c1-10(2)8-18-13(20)19(3)9-11-6-4-5-7-12(11)21-14(15,16)17/h4-7,10H,8-9H2,1-3H3,(H,18,20). The zero-order valence-corrected chi connectivity index (χ0v) is 12.2. The molecule has 1 aromatic rings. The minimum Gasteiger partial charge on any atom is -0.405 e. The largest absolute Gasteiger partial charge is 0.573 e. The number of ether oxygens (including phenoxy) is 1. The van der Waals surface area contributed by atoms with Crippen molar-refractivity contribution in [1.29, 1.82) is 0 Å². The SMILES string of the molecule is CC(C)CNC(=O)N(C)Cc1ccccc1OC(F)(F)F. The molecule has 0 aliphatic carbocycles. The number of carbonyl (C=O) groups is 1. The number of nitrogens with one attached hydrogen (secondary N) is 1. The lowest BCUT2D eigenvalue weighted by molar-refractivity contribution is -0.274. The summed E-state index contributed by atoms with van der Waals surface area (Å²) < 4.78 is 40.9. The van der Waals surface area contributed by atoms with Crippen molar-refractivity contribution in [3.05, 3.63) is 29.8 Å². The Bertz CT molecular complexity index is 476. The number of urea groups is 1. The van der Waals surface area contributed by atoms with Gasteiger partial charge in [-0.2, -0.15) is 0 Å². The molecule has 1 rings (SSSR count). The zero-order valence-electron chi connectivity index (χ0n) is 12.2. The first-order valence-corrected chi connectivity index (χ1v) is 6.51. The predicted octanol–water partition coefficient (Wildman–Crippen LogP) is 3.38. The average molecular weight is 304 g/mol. The van der Waals surface area contributed by atoms with E-state index in [1.54, 1.807) is 6.07 Å². The van der Waals surface area contributed by atoms with Gasteiger partial charge in [0.25, 0.3) is 0 Å². The van der Waals surface area contributed by atoms with Gasteiger partial charge in [-0.25, -0.2) is 4.79 Å². The summed E-state index contributed by atoms with van der Waals surface area (Å²) in [4.78, 5) is 13.1. The van der Waals surface area contributed by atoms with Crippen LogP contribution in [0.25, 0.3) is 0 Å². The molecule has 0 radical (unpaired) electrons. The second-order valence-electron chi connectivity index (χ2n) is 5.09. The highest BCUT2D eigenvalue weighted by molar-refractivity contribution is 5.73. The van der Waals surface area contributed by atoms with E-state index in [-0.39, 0.29) is 23.9 Å². The highest BCUT2D eigenvalue weighted by atomic mass is 19.4. The third-order valence-corrected chi connectivity index (χ3v) is 2.61. The summed E-state index contributed by atoms with van der Waals surface area (Å²) in [6, 6.07) is 5.42. The summed E-state index contributed by atoms with van der Waals surface area (Å²) in [5, 5.41) is 2.69. The zero-order chi connectivity index (χ0) is 16.0. The minimum absolute atomic E-state index is 0.0240. The van der Waals surface area contributed by atoms with Gasteiger partial charge in [-0.3, -0.25) is 0 Å². The molecule has 0 aliphatic rings. The van der Waals surface area contributed by atoms with Crippen LogP contribution in [0.5, 0.6) is 5.75 Å². The summed E-state index contributed by atoms with van der Waals surface area (Å²) in [7, 11) is 1.51. The van der Waals surface area contributed by atoms with E-state index in [1.165, 1.54) is 30.1 Å². The van der Waals surface area contributed by atoms with Gasteiger partial charge >= 0.3 is 12.4 Å². The van der Waals surface area contributed by atoms with Crippen molar-refractivity contribution in [3.8, 4) is 5.75 Å². The highest BCUT2D eigenvalue weighted by Crippen LogP contribution is 2.26. The van der Waals surface area contributed by atoms with Crippen LogP contribution in [-0.4, -0.2) is 30.9 Å². The Balaban J connectivity index is 2.71.